The molecule has 3 aliphatic heterocycles. The van der Waals surface area contributed by atoms with Crippen molar-refractivity contribution in [1.29, 1.82) is 0 Å². The fraction of sp³-hybridized carbons (Fsp3) is 0.707. The molecule has 3 heterocycles. The van der Waals surface area contributed by atoms with E-state index in [4.69, 9.17) is 5.73 Å². The van der Waals surface area contributed by atoms with Crippen LogP contribution >= 0.6 is 0 Å². The number of aromatic hydroxyl groups is 1. The van der Waals surface area contributed by atoms with Gasteiger partial charge in [-0.05, 0) is 76.6 Å². The number of carbonyl (C=O) groups is 6. The summed E-state index contributed by atoms with van der Waals surface area (Å²) < 4.78 is 0. The first kappa shape index (κ1) is 47.3. The molecular weight excluding hydrogens is 764 g/mol. The summed E-state index contributed by atoms with van der Waals surface area (Å²) in [5, 5.41) is 56.2. The van der Waals surface area contributed by atoms with Gasteiger partial charge in [-0.3, -0.25) is 28.8 Å². The maximum atomic E-state index is 14.1. The molecule has 0 spiro atoms. The van der Waals surface area contributed by atoms with E-state index in [-0.39, 0.29) is 57.5 Å². The highest BCUT2D eigenvalue weighted by molar-refractivity contribution is 5.97. The van der Waals surface area contributed by atoms with Crippen LogP contribution in [0.25, 0.3) is 0 Å². The second kappa shape index (κ2) is 22.9. The molecule has 4 rings (SSSR count). The van der Waals surface area contributed by atoms with Crippen LogP contribution in [0, 0.1) is 0 Å². The van der Waals surface area contributed by atoms with E-state index in [1.54, 1.807) is 12.1 Å². The van der Waals surface area contributed by atoms with Crippen LogP contribution < -0.4 is 32.3 Å². The summed E-state index contributed by atoms with van der Waals surface area (Å²) in [5.41, 5.74) is 6.94. The van der Waals surface area contributed by atoms with E-state index in [0.29, 0.717) is 18.5 Å². The molecule has 0 radical (unpaired) electrons. The van der Waals surface area contributed by atoms with Gasteiger partial charge < -0.3 is 62.5 Å². The average molecular weight is 831 g/mol. The van der Waals surface area contributed by atoms with Gasteiger partial charge in [-0.1, -0.05) is 51.2 Å². The average Bonchev–Trinajstić information content (AvgIpc) is 3.79. The number of amides is 6. The molecule has 0 saturated carbocycles. The smallest absolute Gasteiger partial charge is 0.248 e. The summed E-state index contributed by atoms with van der Waals surface area (Å²) >= 11 is 0. The summed E-state index contributed by atoms with van der Waals surface area (Å²) in [6.07, 6.45) is 2.94. The first-order valence-corrected chi connectivity index (χ1v) is 21.2. The highest BCUT2D eigenvalue weighted by Gasteiger charge is 2.45. The lowest BCUT2D eigenvalue weighted by Gasteiger charge is -2.32. The minimum Gasteiger partial charge on any atom is -0.508 e. The molecule has 0 bridgehead atoms. The number of phenols is 1. The predicted octanol–water partition coefficient (Wildman–Crippen LogP) is -1.34. The normalized spacial score (nSPS) is 29.1. The summed E-state index contributed by atoms with van der Waals surface area (Å²) in [4.78, 5) is 86.0. The molecule has 18 heteroatoms. The van der Waals surface area contributed by atoms with Crippen LogP contribution in [0.5, 0.6) is 5.75 Å². The highest BCUT2D eigenvalue weighted by Crippen LogP contribution is 2.23. The molecule has 0 aliphatic carbocycles. The predicted molar refractivity (Wildman–Crippen MR) is 217 cm³/mol. The molecule has 1 aromatic rings. The number of carbonyl (C=O) groups excluding carboxylic acids is 6. The Morgan fingerprint density at radius 1 is 0.780 bits per heavy atom. The van der Waals surface area contributed by atoms with Gasteiger partial charge in [-0.15, -0.1) is 0 Å². The minimum absolute atomic E-state index is 0.0139. The van der Waals surface area contributed by atoms with Crippen molar-refractivity contribution >= 4 is 35.4 Å². The van der Waals surface area contributed by atoms with Crippen molar-refractivity contribution in [1.82, 2.24) is 36.4 Å². The Labute approximate surface area is 346 Å². The van der Waals surface area contributed by atoms with Gasteiger partial charge >= 0.3 is 0 Å². The Hall–Kier alpha value is -4.36. The fourth-order valence-corrected chi connectivity index (χ4v) is 7.96. The van der Waals surface area contributed by atoms with Crippen LogP contribution in [-0.2, 0) is 35.2 Å². The first-order valence-electron chi connectivity index (χ1n) is 21.2. The summed E-state index contributed by atoms with van der Waals surface area (Å²) in [6, 6.07) is -1.81. The number of rotatable bonds is 13. The number of hydrogen-bond donors (Lipinski definition) is 10. The molecule has 1 aromatic carbocycles. The van der Waals surface area contributed by atoms with Crippen molar-refractivity contribution in [2.75, 3.05) is 26.2 Å². The number of fused-ring (bicyclic) bond motifs is 2. The SMILES string of the molecule is CCCCCCCCNC1CCCNC(=O)[C@@H]2C[C@H](N)CN2C(=O)[C@H]([C@@H](C)O)NC(=O)[C@H](CCc2ccc(O)cc2)NC(=O)[C@@H]2C[C@@H](O)CN2C(=O)[C@H]([C@@H](C)O)NC1=O. The van der Waals surface area contributed by atoms with E-state index in [0.717, 1.165) is 43.4 Å². The highest BCUT2D eigenvalue weighted by atomic mass is 16.3. The van der Waals surface area contributed by atoms with Crippen LogP contribution in [0.2, 0.25) is 0 Å². The van der Waals surface area contributed by atoms with Crippen molar-refractivity contribution in [2.45, 2.75) is 158 Å². The lowest BCUT2D eigenvalue weighted by Crippen LogP contribution is -2.61. The van der Waals surface area contributed by atoms with E-state index >= 15 is 0 Å². The number of nitrogens with zero attached hydrogens (tertiary/aromatic N) is 2. The monoisotopic (exact) mass is 830 g/mol. The molecule has 59 heavy (non-hydrogen) atoms. The number of aliphatic hydroxyl groups is 3. The number of aryl methyl sites for hydroxylation is 1. The summed E-state index contributed by atoms with van der Waals surface area (Å²) in [6.45, 7) is 5.13. The van der Waals surface area contributed by atoms with Gasteiger partial charge in [-0.2, -0.15) is 0 Å². The van der Waals surface area contributed by atoms with Crippen molar-refractivity contribution in [3.63, 3.8) is 0 Å². The Morgan fingerprint density at radius 2 is 1.37 bits per heavy atom. The maximum Gasteiger partial charge on any atom is 0.248 e. The third-order valence-electron chi connectivity index (χ3n) is 11.4. The molecule has 0 aromatic heterocycles. The van der Waals surface area contributed by atoms with Gasteiger partial charge in [0.15, 0.2) is 0 Å². The molecule has 1 unspecified atom stereocenters. The molecule has 11 N–H and O–H groups in total. The number of phenolic OH excluding ortho intramolecular Hbond substituents is 1. The molecule has 18 nitrogen and oxygen atoms in total. The Kier molecular flexibility index (Phi) is 18.3. The van der Waals surface area contributed by atoms with Crippen LogP contribution in [0.1, 0.15) is 97.0 Å². The zero-order chi connectivity index (χ0) is 43.2. The van der Waals surface area contributed by atoms with Gasteiger partial charge in [0.2, 0.25) is 35.4 Å². The minimum atomic E-state index is -1.53. The largest absolute Gasteiger partial charge is 0.508 e. The van der Waals surface area contributed by atoms with Gasteiger partial charge in [0.25, 0.3) is 0 Å². The van der Waals surface area contributed by atoms with Crippen LogP contribution in [-0.4, -0.2) is 152 Å². The molecule has 10 atom stereocenters. The van der Waals surface area contributed by atoms with E-state index in [2.05, 4.69) is 33.5 Å². The Balaban J connectivity index is 1.66. The number of benzene rings is 1. The van der Waals surface area contributed by atoms with Gasteiger partial charge in [0.05, 0.1) is 24.4 Å². The summed E-state index contributed by atoms with van der Waals surface area (Å²) in [5.74, 6) is -4.22. The van der Waals surface area contributed by atoms with Crippen molar-refractivity contribution in [3.8, 4) is 5.75 Å². The zero-order valence-corrected chi connectivity index (χ0v) is 34.6. The van der Waals surface area contributed by atoms with Crippen LogP contribution in [0.3, 0.4) is 0 Å². The number of aliphatic hydroxyl groups excluding tert-OH is 3. The zero-order valence-electron chi connectivity index (χ0n) is 34.6. The van der Waals surface area contributed by atoms with Crippen LogP contribution in [0.4, 0.5) is 0 Å². The molecule has 330 valence electrons. The number of nitrogens with two attached hydrogens (primary N) is 1. The number of unbranched alkanes of at least 4 members (excludes halogenated alkanes) is 5. The molecule has 3 fully saturated rings. The third-order valence-corrected chi connectivity index (χ3v) is 11.4. The summed E-state index contributed by atoms with van der Waals surface area (Å²) in [7, 11) is 0. The fourth-order valence-electron chi connectivity index (χ4n) is 7.96. The van der Waals surface area contributed by atoms with E-state index in [1.807, 2.05) is 0 Å². The standard InChI is InChI=1S/C41H66N8O10/c1-4-5-6-7-8-9-18-43-30-11-10-19-44-38(56)32-20-27(42)22-48(32)40(58)34(24(2)50)47-37(55)31(17-14-26-12-15-28(52)16-13-26)45-39(57)33-21-29(53)23-49(33)41(59)35(25(3)51)46-36(30)54/h12-13,15-16,24-25,27,29-35,43,50-53H,4-11,14,17-23,42H2,1-3H3,(H,44,56)(H,45,57)(H,46,54)(H,47,55)/t24-,25-,27+,29-,30?,31+,32+,33+,34+,35+/m1/s1. The molecule has 3 saturated heterocycles. The first-order chi connectivity index (χ1) is 28.1. The third kappa shape index (κ3) is 13.6. The van der Waals surface area contributed by atoms with E-state index < -0.39 is 96.0 Å². The maximum absolute atomic E-state index is 14.1. The molecular formula is C41H66N8O10. The molecule has 6 amide bonds. The van der Waals surface area contributed by atoms with Gasteiger partial charge in [0, 0.05) is 32.1 Å². The number of hydrogen-bond acceptors (Lipinski definition) is 12. The van der Waals surface area contributed by atoms with E-state index in [1.165, 1.54) is 30.9 Å². The second-order valence-corrected chi connectivity index (χ2v) is 16.3. The van der Waals surface area contributed by atoms with Crippen molar-refractivity contribution < 1.29 is 49.2 Å². The van der Waals surface area contributed by atoms with Crippen LogP contribution in [0.15, 0.2) is 24.3 Å². The van der Waals surface area contributed by atoms with Gasteiger partial charge in [0.1, 0.15) is 36.0 Å². The number of nitrogens with one attached hydrogen (secondary N) is 5. The topological polar surface area (TPSA) is 276 Å². The lowest BCUT2D eigenvalue weighted by molar-refractivity contribution is -0.145. The Morgan fingerprint density at radius 3 is 2.02 bits per heavy atom. The van der Waals surface area contributed by atoms with Crippen molar-refractivity contribution in [2.24, 2.45) is 5.73 Å². The van der Waals surface area contributed by atoms with Crippen molar-refractivity contribution in [3.05, 3.63) is 29.8 Å². The Bertz CT molecular complexity index is 1580. The molecule has 3 aliphatic rings. The lowest BCUT2D eigenvalue weighted by atomic mass is 10.0. The van der Waals surface area contributed by atoms with Gasteiger partial charge in [-0.25, -0.2) is 0 Å². The second-order valence-electron chi connectivity index (χ2n) is 16.3. The van der Waals surface area contributed by atoms with E-state index in [9.17, 15) is 49.2 Å². The quantitative estimate of drug-likeness (QED) is 0.104.